The van der Waals surface area contributed by atoms with E-state index in [9.17, 15) is 4.79 Å². The van der Waals surface area contributed by atoms with Gasteiger partial charge >= 0.3 is 0 Å². The van der Waals surface area contributed by atoms with E-state index in [0.29, 0.717) is 12.3 Å². The summed E-state index contributed by atoms with van der Waals surface area (Å²) in [4.78, 5) is 18.5. The van der Waals surface area contributed by atoms with Gasteiger partial charge in [0.05, 0.1) is 6.20 Å². The zero-order chi connectivity index (χ0) is 16.1. The summed E-state index contributed by atoms with van der Waals surface area (Å²) >= 11 is 0. The van der Waals surface area contributed by atoms with Crippen LogP contribution in [0.15, 0.2) is 40.9 Å². The second kappa shape index (κ2) is 7.42. The summed E-state index contributed by atoms with van der Waals surface area (Å²) < 4.78 is 10.9. The Hall–Kier alpha value is -2.14. The average molecular weight is 314 g/mol. The Morgan fingerprint density at radius 3 is 2.96 bits per heavy atom. The molecule has 1 amide bonds. The van der Waals surface area contributed by atoms with Gasteiger partial charge in [0.25, 0.3) is 0 Å². The number of amides is 1. The van der Waals surface area contributed by atoms with Gasteiger partial charge < -0.3 is 14.1 Å². The molecule has 122 valence electrons. The second-order valence-corrected chi connectivity index (χ2v) is 5.86. The lowest BCUT2D eigenvalue weighted by atomic mass is 10.0. The van der Waals surface area contributed by atoms with E-state index in [0.717, 1.165) is 31.6 Å². The normalized spacial score (nSPS) is 18.1. The number of methoxy groups -OCH3 is 1. The molecule has 0 spiro atoms. The Labute approximate surface area is 136 Å². The van der Waals surface area contributed by atoms with Crippen LogP contribution < -0.4 is 0 Å². The van der Waals surface area contributed by atoms with Gasteiger partial charge in [-0.2, -0.15) is 0 Å². The first kappa shape index (κ1) is 15.7. The van der Waals surface area contributed by atoms with Gasteiger partial charge in [-0.25, -0.2) is 4.98 Å². The van der Waals surface area contributed by atoms with Crippen molar-refractivity contribution < 1.29 is 13.9 Å². The van der Waals surface area contributed by atoms with Gasteiger partial charge in [0.1, 0.15) is 18.4 Å². The summed E-state index contributed by atoms with van der Waals surface area (Å²) in [6, 6.07) is 10.1. The number of piperidine rings is 1. The first-order valence-electron chi connectivity index (χ1n) is 8.05. The monoisotopic (exact) mass is 314 g/mol. The van der Waals surface area contributed by atoms with Crippen molar-refractivity contribution in [3.63, 3.8) is 0 Å². The van der Waals surface area contributed by atoms with E-state index in [1.165, 1.54) is 5.56 Å². The van der Waals surface area contributed by atoms with Crippen molar-refractivity contribution in [2.75, 3.05) is 20.3 Å². The number of likely N-dealkylation sites (tertiary alicyclic amines) is 1. The van der Waals surface area contributed by atoms with Gasteiger partial charge in [0.2, 0.25) is 11.8 Å². The minimum atomic E-state index is -0.0732. The molecule has 5 nitrogen and oxygen atoms in total. The molecule has 0 radical (unpaired) electrons. The molecule has 1 aromatic heterocycles. The molecule has 1 atom stereocenters. The summed E-state index contributed by atoms with van der Waals surface area (Å²) in [5, 5.41) is 0. The zero-order valence-corrected chi connectivity index (χ0v) is 13.4. The molecular weight excluding hydrogens is 292 g/mol. The number of ether oxygens (including phenoxy) is 1. The first-order valence-corrected chi connectivity index (χ1v) is 8.05. The van der Waals surface area contributed by atoms with Crippen molar-refractivity contribution in [2.24, 2.45) is 0 Å². The SMILES string of the molecule is COCC(=O)N1CCCC[C@@H]1c1ncc(Cc2ccccc2)o1. The molecule has 1 fully saturated rings. The van der Waals surface area contributed by atoms with E-state index >= 15 is 0 Å². The van der Waals surface area contributed by atoms with Gasteiger partial charge in [-0.15, -0.1) is 0 Å². The van der Waals surface area contributed by atoms with Crippen LogP contribution in [0.2, 0.25) is 0 Å². The smallest absolute Gasteiger partial charge is 0.249 e. The molecule has 0 aliphatic carbocycles. The molecule has 0 N–H and O–H groups in total. The van der Waals surface area contributed by atoms with E-state index < -0.39 is 0 Å². The summed E-state index contributed by atoms with van der Waals surface area (Å²) in [6.45, 7) is 0.845. The predicted molar refractivity (Wildman–Crippen MR) is 85.9 cm³/mol. The van der Waals surface area contributed by atoms with Gasteiger partial charge in [-0.3, -0.25) is 4.79 Å². The van der Waals surface area contributed by atoms with Crippen molar-refractivity contribution in [1.82, 2.24) is 9.88 Å². The average Bonchev–Trinajstić information content (AvgIpc) is 3.04. The van der Waals surface area contributed by atoms with Crippen LogP contribution in [-0.4, -0.2) is 36.1 Å². The third-order valence-corrected chi connectivity index (χ3v) is 4.17. The van der Waals surface area contributed by atoms with Gasteiger partial charge in [0, 0.05) is 20.1 Å². The summed E-state index contributed by atoms with van der Waals surface area (Å²) in [7, 11) is 1.54. The predicted octanol–water partition coefficient (Wildman–Crippen LogP) is 2.97. The number of hydrogen-bond acceptors (Lipinski definition) is 4. The topological polar surface area (TPSA) is 55.6 Å². The van der Waals surface area contributed by atoms with Crippen LogP contribution in [0.5, 0.6) is 0 Å². The fraction of sp³-hybridized carbons (Fsp3) is 0.444. The maximum atomic E-state index is 12.2. The molecular formula is C18H22N2O3. The third-order valence-electron chi connectivity index (χ3n) is 4.17. The molecule has 1 aromatic carbocycles. The summed E-state index contributed by atoms with van der Waals surface area (Å²) in [6.07, 6.45) is 5.48. The van der Waals surface area contributed by atoms with Crippen LogP contribution in [0.25, 0.3) is 0 Å². The lowest BCUT2D eigenvalue weighted by Crippen LogP contribution is -2.40. The lowest BCUT2D eigenvalue weighted by Gasteiger charge is -2.33. The van der Waals surface area contributed by atoms with Crippen molar-refractivity contribution in [3.8, 4) is 0 Å². The van der Waals surface area contributed by atoms with Crippen molar-refractivity contribution in [1.29, 1.82) is 0 Å². The number of rotatable bonds is 5. The van der Waals surface area contributed by atoms with Gasteiger partial charge in [0.15, 0.2) is 0 Å². The zero-order valence-electron chi connectivity index (χ0n) is 13.4. The maximum absolute atomic E-state index is 12.2. The maximum Gasteiger partial charge on any atom is 0.249 e. The fourth-order valence-corrected chi connectivity index (χ4v) is 3.05. The number of carbonyl (C=O) groups is 1. The highest BCUT2D eigenvalue weighted by atomic mass is 16.5. The number of nitrogens with zero attached hydrogens (tertiary/aromatic N) is 2. The molecule has 5 heteroatoms. The van der Waals surface area contributed by atoms with E-state index in [1.807, 2.05) is 23.1 Å². The molecule has 1 saturated heterocycles. The van der Waals surface area contributed by atoms with E-state index in [1.54, 1.807) is 13.3 Å². The van der Waals surface area contributed by atoms with E-state index in [4.69, 9.17) is 9.15 Å². The number of hydrogen-bond donors (Lipinski definition) is 0. The first-order chi connectivity index (χ1) is 11.3. The summed E-state index contributed by atoms with van der Waals surface area (Å²) in [5.41, 5.74) is 1.19. The Bertz CT molecular complexity index is 639. The number of aromatic nitrogens is 1. The van der Waals surface area contributed by atoms with E-state index in [-0.39, 0.29) is 18.6 Å². The highest BCUT2D eigenvalue weighted by Gasteiger charge is 2.31. The minimum Gasteiger partial charge on any atom is -0.443 e. The Kier molecular flexibility index (Phi) is 5.08. The van der Waals surface area contributed by atoms with Gasteiger partial charge in [-0.05, 0) is 24.8 Å². The van der Waals surface area contributed by atoms with Crippen LogP contribution in [0.4, 0.5) is 0 Å². The van der Waals surface area contributed by atoms with Crippen LogP contribution in [-0.2, 0) is 16.0 Å². The Morgan fingerprint density at radius 1 is 1.35 bits per heavy atom. The second-order valence-electron chi connectivity index (χ2n) is 5.86. The molecule has 0 unspecified atom stereocenters. The van der Waals surface area contributed by atoms with Crippen LogP contribution >= 0.6 is 0 Å². The minimum absolute atomic E-state index is 0.00000868. The number of benzene rings is 1. The number of oxazole rings is 1. The van der Waals surface area contributed by atoms with Gasteiger partial charge in [-0.1, -0.05) is 30.3 Å². The molecule has 23 heavy (non-hydrogen) atoms. The highest BCUT2D eigenvalue weighted by Crippen LogP contribution is 2.31. The van der Waals surface area contributed by atoms with Crippen molar-refractivity contribution in [3.05, 3.63) is 53.7 Å². The highest BCUT2D eigenvalue weighted by molar-refractivity contribution is 5.77. The molecule has 1 aliphatic heterocycles. The molecule has 3 rings (SSSR count). The summed E-state index contributed by atoms with van der Waals surface area (Å²) in [5.74, 6) is 1.47. The quantitative estimate of drug-likeness (QED) is 0.851. The number of carbonyl (C=O) groups excluding carboxylic acids is 1. The Balaban J connectivity index is 1.73. The molecule has 2 heterocycles. The molecule has 2 aromatic rings. The third kappa shape index (κ3) is 3.79. The fourth-order valence-electron chi connectivity index (χ4n) is 3.05. The molecule has 0 bridgehead atoms. The van der Waals surface area contributed by atoms with Crippen LogP contribution in [0.3, 0.4) is 0 Å². The van der Waals surface area contributed by atoms with Crippen molar-refractivity contribution in [2.45, 2.75) is 31.7 Å². The standard InChI is InChI=1S/C18H22N2O3/c1-22-13-17(21)20-10-6-5-9-16(20)18-19-12-15(23-18)11-14-7-3-2-4-8-14/h2-4,7-8,12,16H,5-6,9-11,13H2,1H3/t16-/m1/s1. The lowest BCUT2D eigenvalue weighted by molar-refractivity contribution is -0.139. The molecule has 1 aliphatic rings. The largest absolute Gasteiger partial charge is 0.443 e. The van der Waals surface area contributed by atoms with Crippen molar-refractivity contribution >= 4 is 5.91 Å². The van der Waals surface area contributed by atoms with Crippen LogP contribution in [0.1, 0.15) is 42.5 Å². The molecule has 0 saturated carbocycles. The Morgan fingerprint density at radius 2 is 2.17 bits per heavy atom. The van der Waals surface area contributed by atoms with E-state index in [2.05, 4.69) is 17.1 Å². The van der Waals surface area contributed by atoms with Crippen LogP contribution in [0, 0.1) is 0 Å².